The van der Waals surface area contributed by atoms with Crippen molar-refractivity contribution >= 4 is 23.3 Å². The van der Waals surface area contributed by atoms with Crippen molar-refractivity contribution in [1.29, 1.82) is 0 Å². The van der Waals surface area contributed by atoms with Crippen LogP contribution >= 0.6 is 11.6 Å². The van der Waals surface area contributed by atoms with Crippen LogP contribution in [0.1, 0.15) is 26.3 Å². The van der Waals surface area contributed by atoms with Gasteiger partial charge in [0.15, 0.2) is 0 Å². The Morgan fingerprint density at radius 2 is 1.95 bits per heavy atom. The van der Waals surface area contributed by atoms with Gasteiger partial charge < -0.3 is 4.74 Å². The number of nitrogens with zero attached hydrogens (tertiary/aromatic N) is 1. The van der Waals surface area contributed by atoms with Gasteiger partial charge in [0.05, 0.1) is 13.2 Å². The second-order valence-electron chi connectivity index (χ2n) is 4.89. The summed E-state index contributed by atoms with van der Waals surface area (Å²) in [6.07, 6.45) is 0. The maximum Gasteiger partial charge on any atom is 0.352 e. The third kappa shape index (κ3) is 4.67. The molecule has 0 aliphatic heterocycles. The van der Waals surface area contributed by atoms with E-state index in [-0.39, 0.29) is 5.97 Å². The fourth-order valence-electron chi connectivity index (χ4n) is 1.57. The van der Waals surface area contributed by atoms with E-state index in [1.54, 1.807) is 6.92 Å². The van der Waals surface area contributed by atoms with Crippen molar-refractivity contribution in [2.24, 2.45) is 10.4 Å². The Kier molecular flexibility index (Phi) is 6.03. The van der Waals surface area contributed by atoms with Crippen LogP contribution in [0.4, 0.5) is 0 Å². The van der Waals surface area contributed by atoms with Crippen LogP contribution in [-0.2, 0) is 16.1 Å². The highest BCUT2D eigenvalue weighted by atomic mass is 35.5. The van der Waals surface area contributed by atoms with Gasteiger partial charge >= 0.3 is 5.97 Å². The Morgan fingerprint density at radius 1 is 1.32 bits per heavy atom. The molecule has 0 N–H and O–H groups in total. The zero-order valence-electron chi connectivity index (χ0n) is 11.6. The summed E-state index contributed by atoms with van der Waals surface area (Å²) in [5, 5.41) is 0. The molecule has 0 fully saturated rings. The molecule has 0 saturated carbocycles. The molecule has 1 rings (SSSR count). The SMILES string of the molecule is CCOC(=O)C(=NCc1ccccc1)C(C)(C)CCl. The predicted octanol–water partition coefficient (Wildman–Crippen LogP) is 3.46. The minimum absolute atomic E-state index is 0.319. The van der Waals surface area contributed by atoms with E-state index in [0.29, 0.717) is 24.7 Å². The van der Waals surface area contributed by atoms with Gasteiger partial charge in [-0.3, -0.25) is 4.99 Å². The molecule has 0 saturated heterocycles. The molecule has 0 amide bonds. The molecular weight excluding hydrogens is 262 g/mol. The van der Waals surface area contributed by atoms with Crippen LogP contribution in [0.15, 0.2) is 35.3 Å². The van der Waals surface area contributed by atoms with Gasteiger partial charge in [0, 0.05) is 11.3 Å². The quantitative estimate of drug-likeness (QED) is 0.455. The van der Waals surface area contributed by atoms with E-state index >= 15 is 0 Å². The fraction of sp³-hybridized carbons (Fsp3) is 0.467. The summed E-state index contributed by atoms with van der Waals surface area (Å²) < 4.78 is 5.05. The third-order valence-electron chi connectivity index (χ3n) is 2.71. The molecule has 19 heavy (non-hydrogen) atoms. The Morgan fingerprint density at radius 3 is 2.47 bits per heavy atom. The topological polar surface area (TPSA) is 38.7 Å². The van der Waals surface area contributed by atoms with E-state index in [1.165, 1.54) is 0 Å². The first-order valence-corrected chi connectivity index (χ1v) is 6.86. The fourth-order valence-corrected chi connectivity index (χ4v) is 1.70. The van der Waals surface area contributed by atoms with Crippen LogP contribution < -0.4 is 0 Å². The molecule has 3 nitrogen and oxygen atoms in total. The molecule has 0 aliphatic rings. The normalized spacial score (nSPS) is 12.3. The van der Waals surface area contributed by atoms with Crippen LogP contribution in [-0.4, -0.2) is 24.2 Å². The zero-order chi connectivity index (χ0) is 14.3. The average molecular weight is 282 g/mol. The molecule has 0 bridgehead atoms. The number of hydrogen-bond donors (Lipinski definition) is 0. The predicted molar refractivity (Wildman–Crippen MR) is 78.7 cm³/mol. The summed E-state index contributed by atoms with van der Waals surface area (Å²) in [7, 11) is 0. The molecule has 104 valence electrons. The van der Waals surface area contributed by atoms with Gasteiger partial charge in [-0.1, -0.05) is 44.2 Å². The molecule has 1 aromatic rings. The second kappa shape index (κ2) is 7.29. The van der Waals surface area contributed by atoms with Crippen molar-refractivity contribution < 1.29 is 9.53 Å². The van der Waals surface area contributed by atoms with Crippen LogP contribution in [0.5, 0.6) is 0 Å². The number of alkyl halides is 1. The van der Waals surface area contributed by atoms with Gasteiger partial charge in [-0.2, -0.15) is 0 Å². The lowest BCUT2D eigenvalue weighted by Gasteiger charge is -2.22. The van der Waals surface area contributed by atoms with E-state index in [0.717, 1.165) is 5.56 Å². The van der Waals surface area contributed by atoms with Gasteiger partial charge in [-0.05, 0) is 12.5 Å². The first-order chi connectivity index (χ1) is 9.01. The standard InChI is InChI=1S/C15H20ClNO2/c1-4-19-14(18)13(15(2,3)11-16)17-10-12-8-6-5-7-9-12/h5-9H,4,10-11H2,1-3H3. The number of esters is 1. The summed E-state index contributed by atoms with van der Waals surface area (Å²) >= 11 is 5.93. The van der Waals surface area contributed by atoms with Crippen LogP contribution in [0, 0.1) is 5.41 Å². The maximum atomic E-state index is 12.0. The van der Waals surface area contributed by atoms with Gasteiger partial charge in [0.1, 0.15) is 5.71 Å². The highest BCUT2D eigenvalue weighted by Gasteiger charge is 2.30. The first-order valence-electron chi connectivity index (χ1n) is 6.33. The van der Waals surface area contributed by atoms with Crippen molar-refractivity contribution in [1.82, 2.24) is 0 Å². The summed E-state index contributed by atoms with van der Waals surface area (Å²) in [4.78, 5) is 16.4. The number of rotatable bonds is 6. The Balaban J connectivity index is 2.93. The summed E-state index contributed by atoms with van der Waals surface area (Å²) in [5.41, 5.74) is 0.950. The van der Waals surface area contributed by atoms with Crippen molar-refractivity contribution in [3.05, 3.63) is 35.9 Å². The first kappa shape index (κ1) is 15.7. The van der Waals surface area contributed by atoms with Gasteiger partial charge in [-0.15, -0.1) is 11.6 Å². The molecule has 1 aromatic carbocycles. The summed E-state index contributed by atoms with van der Waals surface area (Å²) in [5.74, 6) is -0.0662. The number of halogens is 1. The van der Waals surface area contributed by atoms with Crippen LogP contribution in [0.2, 0.25) is 0 Å². The molecule has 0 atom stereocenters. The number of carbonyl (C=O) groups excluding carboxylic acids is 1. The van der Waals surface area contributed by atoms with Crippen LogP contribution in [0.3, 0.4) is 0 Å². The van der Waals surface area contributed by atoms with Crippen molar-refractivity contribution in [2.75, 3.05) is 12.5 Å². The van der Waals surface area contributed by atoms with Gasteiger partial charge in [0.2, 0.25) is 0 Å². The van der Waals surface area contributed by atoms with E-state index in [2.05, 4.69) is 4.99 Å². The van der Waals surface area contributed by atoms with E-state index < -0.39 is 5.41 Å². The van der Waals surface area contributed by atoms with Crippen molar-refractivity contribution in [2.45, 2.75) is 27.3 Å². The molecule has 0 unspecified atom stereocenters. The molecule has 0 radical (unpaired) electrons. The lowest BCUT2D eigenvalue weighted by molar-refractivity contribution is -0.135. The maximum absolute atomic E-state index is 12.0. The summed E-state index contributed by atoms with van der Waals surface area (Å²) in [6.45, 7) is 6.35. The molecule has 0 spiro atoms. The summed E-state index contributed by atoms with van der Waals surface area (Å²) in [6, 6.07) is 9.78. The van der Waals surface area contributed by atoms with E-state index in [9.17, 15) is 4.79 Å². The number of carbonyl (C=O) groups is 1. The molecule has 0 heterocycles. The molecule has 0 aliphatic carbocycles. The Hall–Kier alpha value is -1.35. The smallest absolute Gasteiger partial charge is 0.352 e. The van der Waals surface area contributed by atoms with Crippen LogP contribution in [0.25, 0.3) is 0 Å². The van der Waals surface area contributed by atoms with Crippen molar-refractivity contribution in [3.8, 4) is 0 Å². The van der Waals surface area contributed by atoms with Gasteiger partial charge in [0.25, 0.3) is 0 Å². The number of aliphatic imine (C=N–C) groups is 1. The molecule has 0 aromatic heterocycles. The third-order valence-corrected chi connectivity index (χ3v) is 3.37. The lowest BCUT2D eigenvalue weighted by atomic mass is 9.89. The van der Waals surface area contributed by atoms with Crippen molar-refractivity contribution in [3.63, 3.8) is 0 Å². The number of ether oxygens (including phenoxy) is 1. The van der Waals surface area contributed by atoms with E-state index in [4.69, 9.17) is 16.3 Å². The average Bonchev–Trinajstić information content (AvgIpc) is 2.40. The second-order valence-corrected chi connectivity index (χ2v) is 5.16. The Labute approximate surface area is 119 Å². The molecule has 4 heteroatoms. The number of benzene rings is 1. The monoisotopic (exact) mass is 281 g/mol. The highest BCUT2D eigenvalue weighted by Crippen LogP contribution is 2.21. The minimum atomic E-state index is -0.497. The highest BCUT2D eigenvalue weighted by molar-refractivity contribution is 6.40. The van der Waals surface area contributed by atoms with E-state index in [1.807, 2.05) is 44.2 Å². The largest absolute Gasteiger partial charge is 0.462 e. The minimum Gasteiger partial charge on any atom is -0.462 e. The Bertz CT molecular complexity index is 441. The lowest BCUT2D eigenvalue weighted by Crippen LogP contribution is -2.34. The molecular formula is C15H20ClNO2. The zero-order valence-corrected chi connectivity index (χ0v) is 12.4. The van der Waals surface area contributed by atoms with Gasteiger partial charge in [-0.25, -0.2) is 4.79 Å². The number of hydrogen-bond acceptors (Lipinski definition) is 3.